The van der Waals surface area contributed by atoms with Crippen molar-refractivity contribution in [1.29, 1.82) is 0 Å². The Balaban J connectivity index is 0.00000102. The fourth-order valence-corrected chi connectivity index (χ4v) is 5.38. The molecule has 6 rings (SSSR count). The van der Waals surface area contributed by atoms with Crippen molar-refractivity contribution in [1.82, 2.24) is 0 Å². The Morgan fingerprint density at radius 3 is 1.36 bits per heavy atom. The van der Waals surface area contributed by atoms with Gasteiger partial charge in [-0.15, -0.1) is 22.3 Å². The van der Waals surface area contributed by atoms with Crippen molar-refractivity contribution >= 4 is 0 Å². The summed E-state index contributed by atoms with van der Waals surface area (Å²) in [6.07, 6.45) is 2.01. The normalized spacial score (nSPS) is 16.3. The van der Waals surface area contributed by atoms with Crippen LogP contribution in [-0.4, -0.2) is 0 Å². The molecule has 0 radical (unpaired) electrons. The number of halogens is 2. The van der Waals surface area contributed by atoms with E-state index < -0.39 is 0 Å². The first-order valence-corrected chi connectivity index (χ1v) is 11.0. The summed E-state index contributed by atoms with van der Waals surface area (Å²) in [6, 6.07) is 34.2. The molecule has 2 aliphatic rings. The van der Waals surface area contributed by atoms with Crippen LogP contribution in [0.5, 0.6) is 0 Å². The van der Waals surface area contributed by atoms with Crippen LogP contribution in [-0.2, 0) is 39.0 Å². The van der Waals surface area contributed by atoms with E-state index in [1.165, 1.54) is 55.6 Å². The molecule has 162 valence electrons. The Kier molecular flexibility index (Phi) is 8.11. The van der Waals surface area contributed by atoms with E-state index in [0.29, 0.717) is 11.8 Å². The van der Waals surface area contributed by atoms with Crippen LogP contribution in [0, 0.1) is 12.1 Å². The molecule has 33 heavy (non-hydrogen) atoms. The summed E-state index contributed by atoms with van der Waals surface area (Å²) < 4.78 is 0. The fourth-order valence-electron chi connectivity index (χ4n) is 5.38. The molecular weight excluding hydrogens is 522 g/mol. The molecule has 0 saturated heterocycles. The Morgan fingerprint density at radius 1 is 0.545 bits per heavy atom. The summed E-state index contributed by atoms with van der Waals surface area (Å²) in [5, 5.41) is 0. The number of fused-ring (bicyclic) bond motifs is 6. The van der Waals surface area contributed by atoms with Gasteiger partial charge in [0.2, 0.25) is 0 Å². The van der Waals surface area contributed by atoms with E-state index in [-0.39, 0.29) is 51.0 Å². The van der Waals surface area contributed by atoms with Crippen molar-refractivity contribution in [2.75, 3.05) is 0 Å². The maximum atomic E-state index is 3.75. The zero-order chi connectivity index (χ0) is 20.2. The molecule has 3 heteroatoms. The average Bonchev–Trinajstić information content (AvgIpc) is 3.24. The molecule has 4 aromatic carbocycles. The number of benzene rings is 4. The maximum Gasteiger partial charge on any atom is 4.00 e. The Bertz CT molecular complexity index is 1190. The van der Waals surface area contributed by atoms with Crippen LogP contribution in [0.15, 0.2) is 72.8 Å². The predicted molar refractivity (Wildman–Crippen MR) is 124 cm³/mol. The summed E-state index contributed by atoms with van der Waals surface area (Å²) in [4.78, 5) is 0. The molecule has 0 aromatic heterocycles. The second kappa shape index (κ2) is 10.3. The maximum absolute atomic E-state index is 3.75. The molecule has 0 aliphatic heterocycles. The number of rotatable bonds is 3. The van der Waals surface area contributed by atoms with Crippen LogP contribution in [0.25, 0.3) is 22.3 Å². The molecule has 0 spiro atoms. The van der Waals surface area contributed by atoms with Crippen molar-refractivity contribution in [3.8, 4) is 22.3 Å². The number of aryl methyl sites for hydroxylation is 2. The Morgan fingerprint density at radius 2 is 0.939 bits per heavy atom. The molecule has 0 amide bonds. The Labute approximate surface area is 228 Å². The Hall–Kier alpha value is -1.66. The van der Waals surface area contributed by atoms with E-state index >= 15 is 0 Å². The molecule has 0 bridgehead atoms. The summed E-state index contributed by atoms with van der Waals surface area (Å²) in [5.41, 5.74) is 13.7. The second-order valence-electron chi connectivity index (χ2n) is 8.74. The monoisotopic (exact) mass is 544 g/mol. The molecular formula is C30H24Cl2Zr. The first kappa shape index (κ1) is 26.0. The average molecular weight is 547 g/mol. The second-order valence-corrected chi connectivity index (χ2v) is 8.74. The first-order chi connectivity index (χ1) is 14.7. The molecule has 2 aliphatic carbocycles. The van der Waals surface area contributed by atoms with Crippen molar-refractivity contribution in [2.45, 2.75) is 38.5 Å². The van der Waals surface area contributed by atoms with Crippen LogP contribution in [0.2, 0.25) is 0 Å². The van der Waals surface area contributed by atoms with Crippen LogP contribution in [0.4, 0.5) is 0 Å². The minimum atomic E-state index is 0. The molecule has 0 heterocycles. The minimum Gasteiger partial charge on any atom is -1.00 e. The minimum absolute atomic E-state index is 0. The van der Waals surface area contributed by atoms with Crippen LogP contribution >= 0.6 is 0 Å². The smallest absolute Gasteiger partial charge is 1.00 e. The number of hydrogen-bond acceptors (Lipinski definition) is 0. The summed E-state index contributed by atoms with van der Waals surface area (Å²) in [5.74, 6) is 0.865. The van der Waals surface area contributed by atoms with Gasteiger partial charge in [0.05, 0.1) is 0 Å². The van der Waals surface area contributed by atoms with E-state index in [0.717, 1.165) is 12.8 Å². The zero-order valence-electron chi connectivity index (χ0n) is 18.8. The standard InChI is InChI=1S/C30H24.2ClH.Zr/c1-19-23-7-3-5-9-25(23)27-15-13-21(17-29(19)27)11-12-22-14-16-28-26-10-6-4-8-24(26)20(2)30(28)18-22;;;/h3-10,13-16,19-20H,11-12H2,1-2H3;2*1H;/q-2;;;+4/p-2/t19-,20+;;;. The SMILES string of the molecule is C[C@@H]1c2[c-]c(CCc3[c-]c4c(cc3)-c3ccccc3[C@H]4C)ccc2-c2ccccc21.[Cl-].[Cl-].[Zr+4]. The van der Waals surface area contributed by atoms with Crippen LogP contribution < -0.4 is 24.8 Å². The van der Waals surface area contributed by atoms with E-state index in [2.05, 4.69) is 98.8 Å². The van der Waals surface area contributed by atoms with Crippen molar-refractivity contribution in [3.63, 3.8) is 0 Å². The van der Waals surface area contributed by atoms with Gasteiger partial charge in [-0.1, -0.05) is 73.5 Å². The quantitative estimate of drug-likeness (QED) is 0.341. The van der Waals surface area contributed by atoms with Crippen molar-refractivity contribution in [3.05, 3.63) is 118 Å². The van der Waals surface area contributed by atoms with Crippen LogP contribution in [0.3, 0.4) is 0 Å². The van der Waals surface area contributed by atoms with Crippen molar-refractivity contribution < 1.29 is 51.0 Å². The van der Waals surface area contributed by atoms with Gasteiger partial charge >= 0.3 is 26.2 Å². The molecule has 0 saturated carbocycles. The summed E-state index contributed by atoms with van der Waals surface area (Å²) >= 11 is 0. The molecule has 4 aromatic rings. The molecule has 0 fully saturated rings. The van der Waals surface area contributed by atoms with Crippen molar-refractivity contribution in [2.24, 2.45) is 0 Å². The van der Waals surface area contributed by atoms with E-state index in [1.54, 1.807) is 0 Å². The summed E-state index contributed by atoms with van der Waals surface area (Å²) in [7, 11) is 0. The predicted octanol–water partition coefficient (Wildman–Crippen LogP) is 1.34. The molecule has 0 nitrogen and oxygen atoms in total. The van der Waals surface area contributed by atoms with Gasteiger partial charge in [0, 0.05) is 0 Å². The van der Waals surface area contributed by atoms with Gasteiger partial charge in [0.15, 0.2) is 0 Å². The third-order valence-electron chi connectivity index (χ3n) is 7.04. The van der Waals surface area contributed by atoms with E-state index in [1.807, 2.05) is 0 Å². The van der Waals surface area contributed by atoms with Gasteiger partial charge in [0.25, 0.3) is 0 Å². The molecule has 0 N–H and O–H groups in total. The van der Waals surface area contributed by atoms with Gasteiger partial charge in [0.1, 0.15) is 0 Å². The van der Waals surface area contributed by atoms with Gasteiger partial charge in [-0.2, -0.15) is 47.5 Å². The van der Waals surface area contributed by atoms with Crippen LogP contribution in [0.1, 0.15) is 59.1 Å². The first-order valence-electron chi connectivity index (χ1n) is 11.0. The molecule has 2 atom stereocenters. The molecule has 0 unspecified atom stereocenters. The van der Waals surface area contributed by atoms with Gasteiger partial charge in [-0.3, -0.25) is 0 Å². The third kappa shape index (κ3) is 4.29. The van der Waals surface area contributed by atoms with Gasteiger partial charge < -0.3 is 24.8 Å². The van der Waals surface area contributed by atoms with Gasteiger partial charge in [-0.05, 0) is 35.8 Å². The zero-order valence-corrected chi connectivity index (χ0v) is 22.7. The largest absolute Gasteiger partial charge is 4.00 e. The topological polar surface area (TPSA) is 0 Å². The number of hydrogen-bond donors (Lipinski definition) is 0. The summed E-state index contributed by atoms with van der Waals surface area (Å²) in [6.45, 7) is 4.61. The third-order valence-corrected chi connectivity index (χ3v) is 7.04. The van der Waals surface area contributed by atoms with Gasteiger partial charge in [-0.25, -0.2) is 0 Å². The van der Waals surface area contributed by atoms with E-state index in [4.69, 9.17) is 0 Å². The van der Waals surface area contributed by atoms with E-state index in [9.17, 15) is 0 Å². The fraction of sp³-hybridized carbons (Fsp3) is 0.200.